The summed E-state index contributed by atoms with van der Waals surface area (Å²) in [5, 5.41) is 1.92. The van der Waals surface area contributed by atoms with Gasteiger partial charge in [-0.15, -0.1) is 0 Å². The van der Waals surface area contributed by atoms with Gasteiger partial charge in [-0.25, -0.2) is 18.0 Å². The number of hydrogen-bond acceptors (Lipinski definition) is 4. The predicted molar refractivity (Wildman–Crippen MR) is 105 cm³/mol. The topological polar surface area (TPSA) is 64.6 Å². The molecule has 0 aliphatic heterocycles. The van der Waals surface area contributed by atoms with Crippen LogP contribution in [0, 0.1) is 17.5 Å². The van der Waals surface area contributed by atoms with Gasteiger partial charge in [0.1, 0.15) is 17.9 Å². The van der Waals surface area contributed by atoms with Crippen molar-refractivity contribution < 1.29 is 32.2 Å². The van der Waals surface area contributed by atoms with Gasteiger partial charge in [-0.05, 0) is 50.8 Å². The molecule has 0 fully saturated rings. The standard InChI is InChI=1S/C22H24F3NO4/c1-22(2,3)30-17(27)11-7-10-15-12-16(23)19(25)20(18(15)24)26-21(28)29-13-14-8-5-4-6-9-14/h4-6,8-9,12H,7,10-11,13H2,1-3H3,(H,26,28). The summed E-state index contributed by atoms with van der Waals surface area (Å²) < 4.78 is 52.6. The number of carbonyl (C=O) groups excluding carboxylic acids is 2. The first-order valence-electron chi connectivity index (χ1n) is 9.42. The average molecular weight is 423 g/mol. The SMILES string of the molecule is CC(C)(C)OC(=O)CCCc1cc(F)c(F)c(NC(=O)OCc2ccccc2)c1F. The fourth-order valence-electron chi connectivity index (χ4n) is 2.62. The van der Waals surface area contributed by atoms with E-state index in [2.05, 4.69) is 0 Å². The van der Waals surface area contributed by atoms with E-state index in [0.29, 0.717) is 11.6 Å². The van der Waals surface area contributed by atoms with Gasteiger partial charge in [-0.2, -0.15) is 0 Å². The molecule has 2 rings (SSSR count). The van der Waals surface area contributed by atoms with E-state index in [0.717, 1.165) is 0 Å². The molecule has 0 saturated carbocycles. The van der Waals surface area contributed by atoms with E-state index < -0.39 is 40.8 Å². The normalized spacial score (nSPS) is 11.1. The Morgan fingerprint density at radius 1 is 1.03 bits per heavy atom. The molecule has 0 aliphatic carbocycles. The van der Waals surface area contributed by atoms with Gasteiger partial charge in [0.25, 0.3) is 0 Å². The Balaban J connectivity index is 2.01. The number of benzene rings is 2. The molecule has 0 radical (unpaired) electrons. The van der Waals surface area contributed by atoms with Crippen molar-refractivity contribution in [1.29, 1.82) is 0 Å². The zero-order valence-corrected chi connectivity index (χ0v) is 17.1. The zero-order chi connectivity index (χ0) is 22.3. The van der Waals surface area contributed by atoms with E-state index in [4.69, 9.17) is 9.47 Å². The number of halogens is 3. The summed E-state index contributed by atoms with van der Waals surface area (Å²) in [6, 6.07) is 9.39. The maximum Gasteiger partial charge on any atom is 0.412 e. The number of hydrogen-bond donors (Lipinski definition) is 1. The maximum absolute atomic E-state index is 14.6. The lowest BCUT2D eigenvalue weighted by Gasteiger charge is -2.19. The van der Waals surface area contributed by atoms with Gasteiger partial charge < -0.3 is 9.47 Å². The van der Waals surface area contributed by atoms with E-state index in [9.17, 15) is 22.8 Å². The summed E-state index contributed by atoms with van der Waals surface area (Å²) in [6.45, 7) is 5.03. The van der Waals surface area contributed by atoms with Crippen molar-refractivity contribution in [3.8, 4) is 0 Å². The summed E-state index contributed by atoms with van der Waals surface area (Å²) in [7, 11) is 0. The molecule has 5 nitrogen and oxygen atoms in total. The van der Waals surface area contributed by atoms with Crippen LogP contribution in [0.25, 0.3) is 0 Å². The van der Waals surface area contributed by atoms with Gasteiger partial charge in [0.2, 0.25) is 0 Å². The lowest BCUT2D eigenvalue weighted by Crippen LogP contribution is -2.23. The molecule has 30 heavy (non-hydrogen) atoms. The quantitative estimate of drug-likeness (QED) is 0.471. The molecular formula is C22H24F3NO4. The Hall–Kier alpha value is -3.03. The molecule has 0 saturated heterocycles. The Morgan fingerprint density at radius 2 is 1.70 bits per heavy atom. The highest BCUT2D eigenvalue weighted by atomic mass is 19.2. The van der Waals surface area contributed by atoms with Crippen molar-refractivity contribution in [3.63, 3.8) is 0 Å². The fraction of sp³-hybridized carbons (Fsp3) is 0.364. The summed E-state index contributed by atoms with van der Waals surface area (Å²) in [5.41, 5.74) is -1.08. The highest BCUT2D eigenvalue weighted by molar-refractivity contribution is 5.85. The zero-order valence-electron chi connectivity index (χ0n) is 17.1. The lowest BCUT2D eigenvalue weighted by molar-refractivity contribution is -0.154. The number of carbonyl (C=O) groups is 2. The molecule has 2 aromatic rings. The molecule has 162 valence electrons. The second kappa shape index (κ2) is 10.1. The number of nitrogens with one attached hydrogen (secondary N) is 1. The van der Waals surface area contributed by atoms with Crippen LogP contribution in [0.3, 0.4) is 0 Å². The van der Waals surface area contributed by atoms with Gasteiger partial charge in [0.15, 0.2) is 17.5 Å². The van der Waals surface area contributed by atoms with Crippen LogP contribution in [0.1, 0.15) is 44.7 Å². The minimum Gasteiger partial charge on any atom is -0.460 e. The van der Waals surface area contributed by atoms with Gasteiger partial charge in [-0.1, -0.05) is 30.3 Å². The molecule has 0 unspecified atom stereocenters. The van der Waals surface area contributed by atoms with E-state index >= 15 is 0 Å². The molecule has 0 heterocycles. The molecule has 1 amide bonds. The molecule has 8 heteroatoms. The van der Waals surface area contributed by atoms with Crippen LogP contribution in [0.4, 0.5) is 23.7 Å². The van der Waals surface area contributed by atoms with E-state index in [1.165, 1.54) is 0 Å². The van der Waals surface area contributed by atoms with Crippen molar-refractivity contribution >= 4 is 17.7 Å². The largest absolute Gasteiger partial charge is 0.460 e. The Morgan fingerprint density at radius 3 is 2.33 bits per heavy atom. The van der Waals surface area contributed by atoms with Gasteiger partial charge in [-0.3, -0.25) is 10.1 Å². The molecule has 2 aromatic carbocycles. The predicted octanol–water partition coefficient (Wildman–Crippen LogP) is 5.52. The number of rotatable bonds is 7. The Bertz CT molecular complexity index is 895. The van der Waals surface area contributed by atoms with Crippen molar-refractivity contribution in [2.24, 2.45) is 0 Å². The number of aryl methyl sites for hydroxylation is 1. The van der Waals surface area contributed by atoms with Crippen LogP contribution in [-0.2, 0) is 27.3 Å². The third kappa shape index (κ3) is 7.09. The molecule has 0 aliphatic rings. The van der Waals surface area contributed by atoms with Crippen molar-refractivity contribution in [1.82, 2.24) is 0 Å². The average Bonchev–Trinajstić information content (AvgIpc) is 2.67. The van der Waals surface area contributed by atoms with Crippen molar-refractivity contribution in [2.45, 2.75) is 52.2 Å². The first-order chi connectivity index (χ1) is 14.1. The second-order valence-corrected chi connectivity index (χ2v) is 7.65. The minimum absolute atomic E-state index is 0.0163. The summed E-state index contributed by atoms with van der Waals surface area (Å²) in [5.74, 6) is -4.44. The Labute approximate surface area is 173 Å². The number of ether oxygens (including phenoxy) is 2. The van der Waals surface area contributed by atoms with Crippen molar-refractivity contribution in [2.75, 3.05) is 5.32 Å². The molecule has 0 spiro atoms. The lowest BCUT2D eigenvalue weighted by atomic mass is 10.1. The van der Waals surface area contributed by atoms with Gasteiger partial charge in [0.05, 0.1) is 0 Å². The summed E-state index contributed by atoms with van der Waals surface area (Å²) >= 11 is 0. The number of esters is 1. The monoisotopic (exact) mass is 423 g/mol. The van der Waals surface area contributed by atoms with Crippen LogP contribution in [0.5, 0.6) is 0 Å². The third-order valence-corrected chi connectivity index (χ3v) is 3.92. The molecule has 0 aromatic heterocycles. The smallest absolute Gasteiger partial charge is 0.412 e. The highest BCUT2D eigenvalue weighted by Gasteiger charge is 2.22. The van der Waals surface area contributed by atoms with Crippen LogP contribution < -0.4 is 5.32 Å². The van der Waals surface area contributed by atoms with Gasteiger partial charge in [0, 0.05) is 6.42 Å². The number of anilines is 1. The third-order valence-electron chi connectivity index (χ3n) is 3.92. The van der Waals surface area contributed by atoms with Crippen LogP contribution >= 0.6 is 0 Å². The van der Waals surface area contributed by atoms with Gasteiger partial charge >= 0.3 is 12.1 Å². The molecule has 1 N–H and O–H groups in total. The molecular weight excluding hydrogens is 399 g/mol. The van der Waals surface area contributed by atoms with Crippen LogP contribution in [-0.4, -0.2) is 17.7 Å². The minimum atomic E-state index is -1.53. The highest BCUT2D eigenvalue weighted by Crippen LogP contribution is 2.26. The first kappa shape index (κ1) is 23.3. The van der Waals surface area contributed by atoms with E-state index in [1.807, 2.05) is 5.32 Å². The first-order valence-corrected chi connectivity index (χ1v) is 9.42. The van der Waals surface area contributed by atoms with Crippen LogP contribution in [0.15, 0.2) is 36.4 Å². The second-order valence-electron chi connectivity index (χ2n) is 7.65. The van der Waals surface area contributed by atoms with E-state index in [-0.39, 0.29) is 31.4 Å². The summed E-state index contributed by atoms with van der Waals surface area (Å²) in [4.78, 5) is 23.6. The van der Waals surface area contributed by atoms with Crippen LogP contribution in [0.2, 0.25) is 0 Å². The molecule has 0 bridgehead atoms. The number of amides is 1. The fourth-order valence-corrected chi connectivity index (χ4v) is 2.62. The van der Waals surface area contributed by atoms with Crippen molar-refractivity contribution in [3.05, 3.63) is 65.0 Å². The Kier molecular flexibility index (Phi) is 7.86. The van der Waals surface area contributed by atoms with E-state index in [1.54, 1.807) is 51.1 Å². The molecule has 0 atom stereocenters. The maximum atomic E-state index is 14.6. The summed E-state index contributed by atoms with van der Waals surface area (Å²) in [6.07, 6.45) is -1.02.